The first-order chi connectivity index (χ1) is 22.7. The van der Waals surface area contributed by atoms with Crippen molar-refractivity contribution in [1.29, 1.82) is 0 Å². The Labute approximate surface area is 275 Å². The second kappa shape index (κ2) is 10.8. The molecule has 0 atom stereocenters. The van der Waals surface area contributed by atoms with Crippen LogP contribution in [0.25, 0.3) is 89.7 Å². The number of hydrogen-bond acceptors (Lipinski definition) is 2. The van der Waals surface area contributed by atoms with Gasteiger partial charge in [0, 0.05) is 40.3 Å². The lowest BCUT2D eigenvalue weighted by Gasteiger charge is -2.11. The van der Waals surface area contributed by atoms with Crippen molar-refractivity contribution in [1.82, 2.24) is 0 Å². The van der Waals surface area contributed by atoms with Crippen molar-refractivity contribution in [2.75, 3.05) is 0 Å². The van der Waals surface area contributed by atoms with Gasteiger partial charge in [0.2, 0.25) is 0 Å². The van der Waals surface area contributed by atoms with Gasteiger partial charge in [-0.1, -0.05) is 97.1 Å². The van der Waals surface area contributed by atoms with Crippen molar-refractivity contribution >= 4 is 68.7 Å². The average Bonchev–Trinajstić information content (AvgIpc) is 3.69. The smallest absolute Gasteiger partial charge is 0.188 e. The number of hydrogen-bond donors (Lipinski definition) is 0. The molecule has 9 rings (SSSR count). The van der Waals surface area contributed by atoms with Crippen LogP contribution in [0.3, 0.4) is 0 Å². The molecule has 0 saturated heterocycles. The SMILES string of the molecule is [C-]#[N+]c1cc(-c2cccc(-c3ccc4c(c3)sc3ccccc34)c2)cc(-c2cccc(-c3ccc4c(c3)sc3ccccc34)c2)c1. The van der Waals surface area contributed by atoms with Gasteiger partial charge in [0.15, 0.2) is 5.69 Å². The van der Waals surface area contributed by atoms with E-state index in [4.69, 9.17) is 6.57 Å². The fraction of sp³-hybridized carbons (Fsp3) is 0. The lowest BCUT2D eigenvalue weighted by Crippen LogP contribution is -1.85. The van der Waals surface area contributed by atoms with Crippen LogP contribution in [0, 0.1) is 6.57 Å². The average molecular weight is 620 g/mol. The van der Waals surface area contributed by atoms with Gasteiger partial charge in [-0.05, 0) is 99.1 Å². The molecular formula is C43H25NS2. The van der Waals surface area contributed by atoms with E-state index in [0.29, 0.717) is 5.69 Å². The molecule has 0 bridgehead atoms. The molecule has 3 heteroatoms. The Morgan fingerprint density at radius 3 is 1.20 bits per heavy atom. The van der Waals surface area contributed by atoms with Gasteiger partial charge in [0.05, 0.1) is 6.57 Å². The van der Waals surface area contributed by atoms with Gasteiger partial charge >= 0.3 is 0 Å². The summed E-state index contributed by atoms with van der Waals surface area (Å²) in [5.74, 6) is 0. The molecule has 9 aromatic rings. The van der Waals surface area contributed by atoms with Crippen LogP contribution >= 0.6 is 22.7 Å². The van der Waals surface area contributed by atoms with Crippen LogP contribution in [-0.4, -0.2) is 0 Å². The standard InChI is InChI=1S/C43H25NS2/c1-44-35-23-33(29-10-6-8-27(20-29)31-16-18-38-36-12-2-4-14-40(36)45-42(38)25-31)22-34(24-35)30-11-7-9-28(21-30)32-17-19-39-37-13-3-5-15-41(37)46-43(39)26-32/h2-26H. The molecule has 0 fully saturated rings. The molecular weight excluding hydrogens is 595 g/mol. The number of nitrogens with zero attached hydrogens (tertiary/aromatic N) is 1. The van der Waals surface area contributed by atoms with E-state index in [-0.39, 0.29) is 0 Å². The molecule has 0 unspecified atom stereocenters. The fourth-order valence-corrected chi connectivity index (χ4v) is 8.87. The number of thiophene rings is 2. The summed E-state index contributed by atoms with van der Waals surface area (Å²) >= 11 is 3.69. The van der Waals surface area contributed by atoms with Crippen molar-refractivity contribution in [3.8, 4) is 44.5 Å². The number of benzene rings is 7. The van der Waals surface area contributed by atoms with E-state index in [2.05, 4.69) is 144 Å². The molecule has 0 saturated carbocycles. The maximum Gasteiger partial charge on any atom is 0.188 e. The summed E-state index contributed by atoms with van der Waals surface area (Å²) < 4.78 is 5.23. The Morgan fingerprint density at radius 2 is 0.717 bits per heavy atom. The largest absolute Gasteiger partial charge is 0.238 e. The van der Waals surface area contributed by atoms with Crippen molar-refractivity contribution in [2.45, 2.75) is 0 Å². The van der Waals surface area contributed by atoms with Gasteiger partial charge in [-0.3, -0.25) is 0 Å². The van der Waals surface area contributed by atoms with Gasteiger partial charge < -0.3 is 0 Å². The zero-order valence-corrected chi connectivity index (χ0v) is 26.3. The zero-order valence-electron chi connectivity index (χ0n) is 24.7. The van der Waals surface area contributed by atoms with E-state index < -0.39 is 0 Å². The van der Waals surface area contributed by atoms with E-state index in [0.717, 1.165) is 22.3 Å². The molecule has 2 aromatic heterocycles. The van der Waals surface area contributed by atoms with Gasteiger partial charge in [0.25, 0.3) is 0 Å². The van der Waals surface area contributed by atoms with Gasteiger partial charge in [-0.25, -0.2) is 4.85 Å². The first kappa shape index (κ1) is 26.8. The fourth-order valence-electron chi connectivity index (χ4n) is 6.58. The maximum absolute atomic E-state index is 7.89. The quantitative estimate of drug-likeness (QED) is 0.173. The molecule has 46 heavy (non-hydrogen) atoms. The van der Waals surface area contributed by atoms with Crippen molar-refractivity contribution in [3.05, 3.63) is 163 Å². The molecule has 0 radical (unpaired) electrons. The lowest BCUT2D eigenvalue weighted by atomic mass is 9.94. The van der Waals surface area contributed by atoms with Crippen LogP contribution in [-0.2, 0) is 0 Å². The van der Waals surface area contributed by atoms with Crippen LogP contribution < -0.4 is 0 Å². The highest BCUT2D eigenvalue weighted by molar-refractivity contribution is 7.26. The molecule has 0 amide bonds. The summed E-state index contributed by atoms with van der Waals surface area (Å²) in [7, 11) is 0. The minimum absolute atomic E-state index is 0.640. The zero-order chi connectivity index (χ0) is 30.6. The second-order valence-corrected chi connectivity index (χ2v) is 13.8. The first-order valence-corrected chi connectivity index (χ1v) is 16.9. The maximum atomic E-state index is 7.89. The topological polar surface area (TPSA) is 4.36 Å². The molecule has 1 nitrogen and oxygen atoms in total. The molecule has 0 spiro atoms. The van der Waals surface area contributed by atoms with Crippen molar-refractivity contribution in [2.24, 2.45) is 0 Å². The first-order valence-electron chi connectivity index (χ1n) is 15.3. The Bertz CT molecular complexity index is 2490. The highest BCUT2D eigenvalue weighted by Crippen LogP contribution is 2.40. The number of fused-ring (bicyclic) bond motifs is 6. The predicted octanol–water partition coefficient (Wildman–Crippen LogP) is 13.6. The third-order valence-corrected chi connectivity index (χ3v) is 11.1. The van der Waals surface area contributed by atoms with Gasteiger partial charge in [-0.15, -0.1) is 22.7 Å². The van der Waals surface area contributed by atoms with E-state index in [9.17, 15) is 0 Å². The summed E-state index contributed by atoms with van der Waals surface area (Å²) in [6.45, 7) is 7.89. The summed E-state index contributed by atoms with van der Waals surface area (Å²) in [5, 5.41) is 5.24. The van der Waals surface area contributed by atoms with E-state index in [1.165, 1.54) is 62.6 Å². The van der Waals surface area contributed by atoms with Crippen molar-refractivity contribution < 1.29 is 0 Å². The highest BCUT2D eigenvalue weighted by atomic mass is 32.1. The van der Waals surface area contributed by atoms with Crippen LogP contribution in [0.5, 0.6) is 0 Å². The minimum atomic E-state index is 0.640. The number of rotatable bonds is 4. The third kappa shape index (κ3) is 4.59. The second-order valence-electron chi connectivity index (χ2n) is 11.7. The third-order valence-electron chi connectivity index (χ3n) is 8.86. The summed E-state index contributed by atoms with van der Waals surface area (Å²) in [6.07, 6.45) is 0. The molecule has 0 N–H and O–H groups in total. The van der Waals surface area contributed by atoms with Crippen LogP contribution in [0.1, 0.15) is 0 Å². The van der Waals surface area contributed by atoms with Crippen LogP contribution in [0.15, 0.2) is 152 Å². The van der Waals surface area contributed by atoms with Gasteiger partial charge in [0.1, 0.15) is 0 Å². The summed E-state index contributed by atoms with van der Waals surface area (Å²) in [4.78, 5) is 3.87. The summed E-state index contributed by atoms with van der Waals surface area (Å²) in [6, 6.07) is 54.4. The van der Waals surface area contributed by atoms with Crippen LogP contribution in [0.2, 0.25) is 0 Å². The Kier molecular flexibility index (Phi) is 6.31. The van der Waals surface area contributed by atoms with Crippen molar-refractivity contribution in [3.63, 3.8) is 0 Å². The van der Waals surface area contributed by atoms with E-state index in [1.54, 1.807) is 0 Å². The molecule has 0 aliphatic rings. The van der Waals surface area contributed by atoms with E-state index >= 15 is 0 Å². The minimum Gasteiger partial charge on any atom is -0.238 e. The molecule has 7 aromatic carbocycles. The molecule has 0 aliphatic heterocycles. The summed E-state index contributed by atoms with van der Waals surface area (Å²) in [5.41, 5.74) is 9.68. The molecule has 214 valence electrons. The highest BCUT2D eigenvalue weighted by Gasteiger charge is 2.11. The predicted molar refractivity (Wildman–Crippen MR) is 200 cm³/mol. The Hall–Kier alpha value is -5.53. The normalized spacial score (nSPS) is 11.5. The molecule has 0 aliphatic carbocycles. The Morgan fingerprint density at radius 1 is 0.326 bits per heavy atom. The Balaban J connectivity index is 1.09. The monoisotopic (exact) mass is 619 g/mol. The lowest BCUT2D eigenvalue weighted by molar-refractivity contribution is 1.58. The van der Waals surface area contributed by atoms with E-state index in [1.807, 2.05) is 34.8 Å². The van der Waals surface area contributed by atoms with Crippen LogP contribution in [0.4, 0.5) is 5.69 Å². The van der Waals surface area contributed by atoms with Gasteiger partial charge in [-0.2, -0.15) is 0 Å². The molecule has 2 heterocycles.